The second-order valence-corrected chi connectivity index (χ2v) is 5.15. The summed E-state index contributed by atoms with van der Waals surface area (Å²) in [6.45, 7) is 7.46. The van der Waals surface area contributed by atoms with Gasteiger partial charge in [0.05, 0.1) is 6.61 Å². The summed E-state index contributed by atoms with van der Waals surface area (Å²) in [7, 11) is 0. The third-order valence-electron chi connectivity index (χ3n) is 3.39. The van der Waals surface area contributed by atoms with E-state index in [4.69, 9.17) is 9.47 Å². The molecule has 2 heterocycles. The minimum atomic E-state index is 0.580. The molecule has 5 heteroatoms. The maximum absolute atomic E-state index is 5.87. The van der Waals surface area contributed by atoms with Gasteiger partial charge in [0.15, 0.2) is 0 Å². The third kappa shape index (κ3) is 4.63. The minimum absolute atomic E-state index is 0.580. The van der Waals surface area contributed by atoms with Crippen LogP contribution in [0.2, 0.25) is 0 Å². The molecule has 1 aromatic rings. The lowest BCUT2D eigenvalue weighted by Gasteiger charge is -2.22. The van der Waals surface area contributed by atoms with E-state index >= 15 is 0 Å². The zero-order valence-electron chi connectivity index (χ0n) is 12.5. The Morgan fingerprint density at radius 1 is 1.30 bits per heavy atom. The van der Waals surface area contributed by atoms with Crippen molar-refractivity contribution in [2.75, 3.05) is 31.7 Å². The molecule has 0 saturated carbocycles. The first-order valence-electron chi connectivity index (χ1n) is 7.64. The Morgan fingerprint density at radius 2 is 2.10 bits per heavy atom. The number of nitrogens with one attached hydrogen (secondary N) is 1. The van der Waals surface area contributed by atoms with E-state index in [-0.39, 0.29) is 0 Å². The second-order valence-electron chi connectivity index (χ2n) is 5.15. The summed E-state index contributed by atoms with van der Waals surface area (Å²) in [4.78, 5) is 8.97. The molecule has 1 aliphatic rings. The smallest absolute Gasteiger partial charge is 0.218 e. The van der Waals surface area contributed by atoms with Gasteiger partial charge >= 0.3 is 0 Å². The summed E-state index contributed by atoms with van der Waals surface area (Å²) in [5.41, 5.74) is 0. The summed E-state index contributed by atoms with van der Waals surface area (Å²) in [5, 5.41) is 3.23. The molecule has 0 amide bonds. The van der Waals surface area contributed by atoms with E-state index in [0.29, 0.717) is 11.8 Å². The Hall–Kier alpha value is -1.36. The topological polar surface area (TPSA) is 56.3 Å². The Kier molecular flexibility index (Phi) is 6.05. The van der Waals surface area contributed by atoms with E-state index in [0.717, 1.165) is 63.7 Å². The van der Waals surface area contributed by atoms with E-state index in [2.05, 4.69) is 29.1 Å². The number of hydrogen-bond donors (Lipinski definition) is 1. The SMILES string of the molecule is CCCc1nc(NCC)cc(OCC2CCOCC2)n1. The lowest BCUT2D eigenvalue weighted by Crippen LogP contribution is -2.21. The Morgan fingerprint density at radius 3 is 2.80 bits per heavy atom. The van der Waals surface area contributed by atoms with Crippen LogP contribution in [0.25, 0.3) is 0 Å². The first-order chi connectivity index (χ1) is 9.81. The van der Waals surface area contributed by atoms with E-state index in [1.165, 1.54) is 0 Å². The summed E-state index contributed by atoms with van der Waals surface area (Å²) < 4.78 is 11.2. The average molecular weight is 279 g/mol. The van der Waals surface area contributed by atoms with E-state index in [9.17, 15) is 0 Å². The molecule has 112 valence electrons. The second kappa shape index (κ2) is 8.04. The molecule has 1 saturated heterocycles. The van der Waals surface area contributed by atoms with Crippen molar-refractivity contribution in [1.82, 2.24) is 9.97 Å². The van der Waals surface area contributed by atoms with Crippen molar-refractivity contribution < 1.29 is 9.47 Å². The predicted molar refractivity (Wildman–Crippen MR) is 79.2 cm³/mol. The molecule has 1 N–H and O–H groups in total. The molecule has 1 fully saturated rings. The molecule has 0 spiro atoms. The van der Waals surface area contributed by atoms with Crippen molar-refractivity contribution in [3.8, 4) is 5.88 Å². The van der Waals surface area contributed by atoms with Crippen molar-refractivity contribution in [3.63, 3.8) is 0 Å². The van der Waals surface area contributed by atoms with Gasteiger partial charge in [0.2, 0.25) is 5.88 Å². The van der Waals surface area contributed by atoms with E-state index < -0.39 is 0 Å². The maximum Gasteiger partial charge on any atom is 0.218 e. The minimum Gasteiger partial charge on any atom is -0.477 e. The van der Waals surface area contributed by atoms with E-state index in [1.807, 2.05) is 6.07 Å². The molecule has 1 aliphatic heterocycles. The van der Waals surface area contributed by atoms with Crippen LogP contribution >= 0.6 is 0 Å². The van der Waals surface area contributed by atoms with Crippen LogP contribution in [0.5, 0.6) is 5.88 Å². The Labute approximate surface area is 121 Å². The highest BCUT2D eigenvalue weighted by Crippen LogP contribution is 2.19. The Balaban J connectivity index is 1.97. The molecule has 20 heavy (non-hydrogen) atoms. The fourth-order valence-electron chi connectivity index (χ4n) is 2.27. The number of rotatable bonds is 7. The van der Waals surface area contributed by atoms with Crippen molar-refractivity contribution >= 4 is 5.82 Å². The number of ether oxygens (including phenoxy) is 2. The molecule has 0 atom stereocenters. The predicted octanol–water partition coefficient (Wildman–Crippen LogP) is 2.67. The number of aryl methyl sites for hydroxylation is 1. The molecule has 0 aliphatic carbocycles. The molecule has 0 radical (unpaired) electrons. The Bertz CT molecular complexity index is 382. The van der Waals surface area contributed by atoms with Gasteiger partial charge in [0, 0.05) is 32.2 Å². The number of anilines is 1. The van der Waals surface area contributed by atoms with Gasteiger partial charge in [-0.1, -0.05) is 6.92 Å². The van der Waals surface area contributed by atoms with Gasteiger partial charge in [-0.25, -0.2) is 4.98 Å². The summed E-state index contributed by atoms with van der Waals surface area (Å²) in [6, 6.07) is 1.89. The molecule has 0 aromatic carbocycles. The largest absolute Gasteiger partial charge is 0.477 e. The van der Waals surface area contributed by atoms with Gasteiger partial charge in [0.25, 0.3) is 0 Å². The van der Waals surface area contributed by atoms with Crippen molar-refractivity contribution in [3.05, 3.63) is 11.9 Å². The molecular weight excluding hydrogens is 254 g/mol. The first-order valence-corrected chi connectivity index (χ1v) is 7.64. The van der Waals surface area contributed by atoms with Crippen molar-refractivity contribution in [1.29, 1.82) is 0 Å². The van der Waals surface area contributed by atoms with Gasteiger partial charge in [-0.15, -0.1) is 0 Å². The number of hydrogen-bond acceptors (Lipinski definition) is 5. The third-order valence-corrected chi connectivity index (χ3v) is 3.39. The van der Waals surface area contributed by atoms with Crippen molar-refractivity contribution in [2.24, 2.45) is 5.92 Å². The molecule has 0 unspecified atom stereocenters. The van der Waals surface area contributed by atoms with Crippen LogP contribution in [-0.2, 0) is 11.2 Å². The van der Waals surface area contributed by atoms with Crippen molar-refractivity contribution in [2.45, 2.75) is 39.5 Å². The first kappa shape index (κ1) is 15.0. The summed E-state index contributed by atoms with van der Waals surface area (Å²) >= 11 is 0. The van der Waals surface area contributed by atoms with Crippen LogP contribution in [0.3, 0.4) is 0 Å². The summed E-state index contributed by atoms with van der Waals surface area (Å²) in [5.74, 6) is 2.97. The molecular formula is C15H25N3O2. The normalized spacial score (nSPS) is 16.1. The summed E-state index contributed by atoms with van der Waals surface area (Å²) in [6.07, 6.45) is 4.07. The van der Waals surface area contributed by atoms with Gasteiger partial charge in [-0.05, 0) is 32.1 Å². The molecule has 0 bridgehead atoms. The number of aromatic nitrogens is 2. The molecule has 5 nitrogen and oxygen atoms in total. The standard InChI is InChI=1S/C15H25N3O2/c1-3-5-13-17-14(16-4-2)10-15(18-13)20-11-12-6-8-19-9-7-12/h10,12H,3-9,11H2,1-2H3,(H,16,17,18). The van der Waals surface area contributed by atoms with Crippen LogP contribution in [-0.4, -0.2) is 36.3 Å². The van der Waals surface area contributed by atoms with E-state index in [1.54, 1.807) is 0 Å². The van der Waals surface area contributed by atoms with Gasteiger partial charge in [-0.3, -0.25) is 0 Å². The average Bonchev–Trinajstić information content (AvgIpc) is 2.47. The quantitative estimate of drug-likeness (QED) is 0.831. The highest BCUT2D eigenvalue weighted by Gasteiger charge is 2.15. The zero-order valence-corrected chi connectivity index (χ0v) is 12.5. The van der Waals surface area contributed by atoms with Gasteiger partial charge in [-0.2, -0.15) is 4.98 Å². The van der Waals surface area contributed by atoms with Gasteiger partial charge < -0.3 is 14.8 Å². The van der Waals surface area contributed by atoms with Crippen LogP contribution in [0.15, 0.2) is 6.07 Å². The van der Waals surface area contributed by atoms with Crippen LogP contribution < -0.4 is 10.1 Å². The zero-order chi connectivity index (χ0) is 14.2. The lowest BCUT2D eigenvalue weighted by molar-refractivity contribution is 0.0490. The molecule has 1 aromatic heterocycles. The highest BCUT2D eigenvalue weighted by molar-refractivity contribution is 5.38. The van der Waals surface area contributed by atoms with Crippen LogP contribution in [0, 0.1) is 5.92 Å². The van der Waals surface area contributed by atoms with Crippen LogP contribution in [0.4, 0.5) is 5.82 Å². The molecule has 2 rings (SSSR count). The monoisotopic (exact) mass is 279 g/mol. The lowest BCUT2D eigenvalue weighted by atomic mass is 10.0. The highest BCUT2D eigenvalue weighted by atomic mass is 16.5. The fraction of sp³-hybridized carbons (Fsp3) is 0.733. The van der Waals surface area contributed by atoms with Crippen LogP contribution in [0.1, 0.15) is 38.9 Å². The maximum atomic E-state index is 5.87. The number of nitrogens with zero attached hydrogens (tertiary/aromatic N) is 2. The fourth-order valence-corrected chi connectivity index (χ4v) is 2.27. The van der Waals surface area contributed by atoms with Gasteiger partial charge in [0.1, 0.15) is 11.6 Å².